The summed E-state index contributed by atoms with van der Waals surface area (Å²) >= 11 is 0. The number of aromatic nitrogens is 2. The molecule has 1 aromatic rings. The maximum absolute atomic E-state index is 11.8. The van der Waals surface area contributed by atoms with Crippen LogP contribution in [-0.4, -0.2) is 53.6 Å². The van der Waals surface area contributed by atoms with Crippen LogP contribution < -0.4 is 0 Å². The van der Waals surface area contributed by atoms with E-state index in [4.69, 9.17) is 9.47 Å². The molecule has 0 N–H and O–H groups in total. The van der Waals surface area contributed by atoms with Crippen LogP contribution in [0.15, 0.2) is 6.07 Å². The minimum Gasteiger partial charge on any atom is -0.468 e. The van der Waals surface area contributed by atoms with Gasteiger partial charge in [-0.3, -0.25) is 14.4 Å². The molecule has 0 spiro atoms. The SMILES string of the molecule is CCc1cc(CN2CCOCC2C(=O)OC)n(CC)n1. The average Bonchev–Trinajstić information content (AvgIpc) is 2.89. The first-order valence-corrected chi connectivity index (χ1v) is 7.14. The molecule has 1 saturated heterocycles. The Morgan fingerprint density at radius 2 is 2.35 bits per heavy atom. The predicted molar refractivity (Wildman–Crippen MR) is 74.3 cm³/mol. The number of nitrogens with zero attached hydrogens (tertiary/aromatic N) is 3. The summed E-state index contributed by atoms with van der Waals surface area (Å²) in [5.74, 6) is -0.233. The summed E-state index contributed by atoms with van der Waals surface area (Å²) in [6.07, 6.45) is 0.920. The maximum Gasteiger partial charge on any atom is 0.325 e. The van der Waals surface area contributed by atoms with E-state index in [0.29, 0.717) is 19.8 Å². The van der Waals surface area contributed by atoms with Gasteiger partial charge in [-0.15, -0.1) is 0 Å². The van der Waals surface area contributed by atoms with Gasteiger partial charge in [0.25, 0.3) is 0 Å². The first-order valence-electron chi connectivity index (χ1n) is 7.14. The highest BCUT2D eigenvalue weighted by atomic mass is 16.5. The Labute approximate surface area is 119 Å². The molecule has 0 radical (unpaired) electrons. The summed E-state index contributed by atoms with van der Waals surface area (Å²) in [5.41, 5.74) is 2.23. The summed E-state index contributed by atoms with van der Waals surface area (Å²) in [6, 6.07) is 1.80. The number of ether oxygens (including phenoxy) is 2. The fourth-order valence-corrected chi connectivity index (χ4v) is 2.48. The van der Waals surface area contributed by atoms with E-state index in [1.807, 2.05) is 4.68 Å². The Kier molecular flexibility index (Phi) is 5.14. The summed E-state index contributed by atoms with van der Waals surface area (Å²) < 4.78 is 12.3. The van der Waals surface area contributed by atoms with Crippen LogP contribution in [0, 0.1) is 0 Å². The number of carbonyl (C=O) groups excluding carboxylic acids is 1. The molecule has 0 aromatic carbocycles. The number of rotatable bonds is 5. The minimum absolute atomic E-state index is 0.233. The van der Waals surface area contributed by atoms with E-state index in [2.05, 4.69) is 29.9 Å². The van der Waals surface area contributed by atoms with Gasteiger partial charge in [0.05, 0.1) is 31.7 Å². The van der Waals surface area contributed by atoms with E-state index in [1.165, 1.54) is 7.11 Å². The summed E-state index contributed by atoms with van der Waals surface area (Å²) in [5, 5.41) is 4.55. The molecule has 1 aromatic heterocycles. The highest BCUT2D eigenvalue weighted by Gasteiger charge is 2.30. The second kappa shape index (κ2) is 6.85. The van der Waals surface area contributed by atoms with Gasteiger partial charge in [0.2, 0.25) is 0 Å². The van der Waals surface area contributed by atoms with E-state index in [-0.39, 0.29) is 12.0 Å². The lowest BCUT2D eigenvalue weighted by Gasteiger charge is -2.33. The van der Waals surface area contributed by atoms with Crippen molar-refractivity contribution in [3.63, 3.8) is 0 Å². The molecule has 20 heavy (non-hydrogen) atoms. The summed E-state index contributed by atoms with van der Waals surface area (Å²) in [4.78, 5) is 13.9. The number of esters is 1. The van der Waals surface area contributed by atoms with Gasteiger partial charge in [-0.25, -0.2) is 0 Å². The summed E-state index contributed by atoms with van der Waals surface area (Å²) in [6.45, 7) is 7.48. The number of hydrogen-bond donors (Lipinski definition) is 0. The van der Waals surface area contributed by atoms with Crippen molar-refractivity contribution >= 4 is 5.97 Å². The third-order valence-electron chi connectivity index (χ3n) is 3.65. The minimum atomic E-state index is -0.320. The Morgan fingerprint density at radius 3 is 3.00 bits per heavy atom. The van der Waals surface area contributed by atoms with E-state index < -0.39 is 0 Å². The van der Waals surface area contributed by atoms with Crippen LogP contribution >= 0.6 is 0 Å². The fourth-order valence-electron chi connectivity index (χ4n) is 2.48. The maximum atomic E-state index is 11.8. The van der Waals surface area contributed by atoms with Crippen LogP contribution in [0.1, 0.15) is 25.2 Å². The molecule has 1 aliphatic rings. The predicted octanol–water partition coefficient (Wildman–Crippen LogP) is 0.839. The molecule has 0 bridgehead atoms. The van der Waals surface area contributed by atoms with E-state index in [1.54, 1.807) is 0 Å². The molecule has 0 saturated carbocycles. The average molecular weight is 281 g/mol. The van der Waals surface area contributed by atoms with Crippen molar-refractivity contribution in [1.29, 1.82) is 0 Å². The summed E-state index contributed by atoms with van der Waals surface area (Å²) in [7, 11) is 1.42. The standard InChI is InChI=1S/C14H23N3O3/c1-4-11-8-12(17(5-2)15-11)9-16-6-7-20-10-13(16)14(18)19-3/h8,13H,4-7,9-10H2,1-3H3. The zero-order valence-corrected chi connectivity index (χ0v) is 12.5. The molecule has 112 valence electrons. The van der Waals surface area contributed by atoms with Gasteiger partial charge in [-0.2, -0.15) is 5.10 Å². The van der Waals surface area contributed by atoms with Gasteiger partial charge in [-0.1, -0.05) is 6.92 Å². The molecule has 1 atom stereocenters. The molecular weight excluding hydrogens is 258 g/mol. The number of hydrogen-bond acceptors (Lipinski definition) is 5. The second-order valence-electron chi connectivity index (χ2n) is 4.88. The molecule has 0 aliphatic carbocycles. The smallest absolute Gasteiger partial charge is 0.325 e. The second-order valence-corrected chi connectivity index (χ2v) is 4.88. The quantitative estimate of drug-likeness (QED) is 0.749. The number of morpholine rings is 1. The van der Waals surface area contributed by atoms with Gasteiger partial charge in [0, 0.05) is 19.6 Å². The molecule has 6 heteroatoms. The highest BCUT2D eigenvalue weighted by molar-refractivity contribution is 5.75. The lowest BCUT2D eigenvalue weighted by Crippen LogP contribution is -2.50. The molecule has 2 heterocycles. The van der Waals surface area contributed by atoms with Crippen molar-refractivity contribution in [1.82, 2.24) is 14.7 Å². The third-order valence-corrected chi connectivity index (χ3v) is 3.65. The molecule has 0 amide bonds. The first-order chi connectivity index (χ1) is 9.69. The topological polar surface area (TPSA) is 56.6 Å². The number of carbonyl (C=O) groups is 1. The van der Waals surface area contributed by atoms with E-state index in [9.17, 15) is 4.79 Å². The molecule has 2 rings (SSSR count). The lowest BCUT2D eigenvalue weighted by atomic mass is 10.2. The van der Waals surface area contributed by atoms with E-state index in [0.717, 1.165) is 30.9 Å². The Morgan fingerprint density at radius 1 is 1.55 bits per heavy atom. The molecule has 1 aliphatic heterocycles. The third kappa shape index (κ3) is 3.19. The van der Waals surface area contributed by atoms with Crippen molar-refractivity contribution < 1.29 is 14.3 Å². The lowest BCUT2D eigenvalue weighted by molar-refractivity contribution is -0.153. The zero-order valence-electron chi connectivity index (χ0n) is 12.5. The van der Waals surface area contributed by atoms with Gasteiger partial charge >= 0.3 is 5.97 Å². The van der Waals surface area contributed by atoms with Crippen LogP contribution in [0.3, 0.4) is 0 Å². The normalized spacial score (nSPS) is 20.1. The van der Waals surface area contributed by atoms with Crippen LogP contribution in [-0.2, 0) is 33.8 Å². The van der Waals surface area contributed by atoms with Crippen LogP contribution in [0.2, 0.25) is 0 Å². The van der Waals surface area contributed by atoms with Crippen molar-refractivity contribution in [2.45, 2.75) is 39.4 Å². The van der Waals surface area contributed by atoms with Gasteiger partial charge in [0.15, 0.2) is 0 Å². The molecule has 1 fully saturated rings. The highest BCUT2D eigenvalue weighted by Crippen LogP contribution is 2.15. The Bertz CT molecular complexity index is 459. The first kappa shape index (κ1) is 15.0. The van der Waals surface area contributed by atoms with Crippen LogP contribution in [0.25, 0.3) is 0 Å². The Balaban J connectivity index is 2.13. The van der Waals surface area contributed by atoms with Crippen molar-refractivity contribution in [3.05, 3.63) is 17.5 Å². The largest absolute Gasteiger partial charge is 0.468 e. The molecular formula is C14H23N3O3. The van der Waals surface area contributed by atoms with Crippen molar-refractivity contribution in [2.75, 3.05) is 26.9 Å². The van der Waals surface area contributed by atoms with Crippen molar-refractivity contribution in [3.8, 4) is 0 Å². The van der Waals surface area contributed by atoms with Crippen molar-refractivity contribution in [2.24, 2.45) is 0 Å². The van der Waals surface area contributed by atoms with Gasteiger partial charge < -0.3 is 9.47 Å². The van der Waals surface area contributed by atoms with E-state index >= 15 is 0 Å². The van der Waals surface area contributed by atoms with Gasteiger partial charge in [-0.05, 0) is 19.4 Å². The monoisotopic (exact) mass is 281 g/mol. The molecule has 6 nitrogen and oxygen atoms in total. The van der Waals surface area contributed by atoms with Crippen LogP contribution in [0.5, 0.6) is 0 Å². The number of aryl methyl sites for hydroxylation is 2. The van der Waals surface area contributed by atoms with Gasteiger partial charge in [0.1, 0.15) is 6.04 Å². The molecule has 1 unspecified atom stereocenters. The Hall–Kier alpha value is -1.40. The zero-order chi connectivity index (χ0) is 14.5. The fraction of sp³-hybridized carbons (Fsp3) is 0.714. The van der Waals surface area contributed by atoms with Crippen LogP contribution in [0.4, 0.5) is 0 Å². The number of methoxy groups -OCH3 is 1.